The van der Waals surface area contributed by atoms with Gasteiger partial charge in [0.1, 0.15) is 0 Å². The molecule has 0 aromatic heterocycles. The average molecular weight is 388 g/mol. The predicted molar refractivity (Wildman–Crippen MR) is 105 cm³/mol. The Morgan fingerprint density at radius 3 is 2.11 bits per heavy atom. The Hall–Kier alpha value is -2.22. The molecule has 0 atom stereocenters. The standard InChI is InChI=1S/C20H25N3O3S/c1-16-3-9-19(10-4-16)27(25,26)23-13-11-22(12-14-23)15-17-5-7-18(8-6-17)20(24)21-2/h3-10H,11-15H2,1-2H3,(H,21,24). The summed E-state index contributed by atoms with van der Waals surface area (Å²) in [6.07, 6.45) is 0. The first-order chi connectivity index (χ1) is 12.9. The summed E-state index contributed by atoms with van der Waals surface area (Å²) in [4.78, 5) is 14.2. The smallest absolute Gasteiger partial charge is 0.251 e. The van der Waals surface area contributed by atoms with E-state index in [1.807, 2.05) is 43.3 Å². The van der Waals surface area contributed by atoms with Crippen molar-refractivity contribution in [1.29, 1.82) is 0 Å². The number of aryl methyl sites for hydroxylation is 1. The zero-order chi connectivity index (χ0) is 19.4. The van der Waals surface area contributed by atoms with E-state index in [4.69, 9.17) is 0 Å². The highest BCUT2D eigenvalue weighted by atomic mass is 32.2. The highest BCUT2D eigenvalue weighted by Gasteiger charge is 2.28. The van der Waals surface area contributed by atoms with Gasteiger partial charge in [-0.25, -0.2) is 8.42 Å². The molecule has 0 spiro atoms. The molecule has 1 fully saturated rings. The van der Waals surface area contributed by atoms with Crippen molar-refractivity contribution in [3.05, 3.63) is 65.2 Å². The van der Waals surface area contributed by atoms with Gasteiger partial charge in [0.25, 0.3) is 5.91 Å². The third-order valence-corrected chi connectivity index (χ3v) is 6.75. The third-order valence-electron chi connectivity index (χ3n) is 4.84. The van der Waals surface area contributed by atoms with Crippen molar-refractivity contribution in [1.82, 2.24) is 14.5 Å². The Morgan fingerprint density at radius 1 is 0.963 bits per heavy atom. The monoisotopic (exact) mass is 387 g/mol. The minimum Gasteiger partial charge on any atom is -0.355 e. The van der Waals surface area contributed by atoms with Gasteiger partial charge in [-0.1, -0.05) is 29.8 Å². The van der Waals surface area contributed by atoms with Crippen LogP contribution in [0, 0.1) is 6.92 Å². The molecule has 144 valence electrons. The zero-order valence-electron chi connectivity index (χ0n) is 15.7. The van der Waals surface area contributed by atoms with Gasteiger partial charge in [-0.05, 0) is 36.8 Å². The number of carbonyl (C=O) groups excluding carboxylic acids is 1. The number of amides is 1. The van der Waals surface area contributed by atoms with E-state index in [0.29, 0.717) is 36.6 Å². The van der Waals surface area contributed by atoms with Gasteiger partial charge in [0.05, 0.1) is 4.90 Å². The van der Waals surface area contributed by atoms with Crippen LogP contribution in [-0.2, 0) is 16.6 Å². The van der Waals surface area contributed by atoms with Gasteiger partial charge in [-0.2, -0.15) is 4.31 Å². The molecule has 27 heavy (non-hydrogen) atoms. The van der Waals surface area contributed by atoms with Gasteiger partial charge in [0, 0.05) is 45.3 Å². The van der Waals surface area contributed by atoms with Gasteiger partial charge in [0.15, 0.2) is 0 Å². The number of carbonyl (C=O) groups is 1. The number of hydrogen-bond acceptors (Lipinski definition) is 4. The van der Waals surface area contributed by atoms with E-state index >= 15 is 0 Å². The van der Waals surface area contributed by atoms with Gasteiger partial charge in [-0.3, -0.25) is 9.69 Å². The molecule has 7 heteroatoms. The van der Waals surface area contributed by atoms with E-state index in [1.165, 1.54) is 0 Å². The number of benzene rings is 2. The van der Waals surface area contributed by atoms with E-state index in [0.717, 1.165) is 17.7 Å². The number of nitrogens with one attached hydrogen (secondary N) is 1. The van der Waals surface area contributed by atoms with Crippen molar-refractivity contribution in [3.63, 3.8) is 0 Å². The summed E-state index contributed by atoms with van der Waals surface area (Å²) in [6.45, 7) is 5.01. The van der Waals surface area contributed by atoms with Crippen LogP contribution in [0.15, 0.2) is 53.4 Å². The zero-order valence-corrected chi connectivity index (χ0v) is 16.5. The lowest BCUT2D eigenvalue weighted by Gasteiger charge is -2.34. The Kier molecular flexibility index (Phi) is 5.94. The second-order valence-electron chi connectivity index (χ2n) is 6.77. The van der Waals surface area contributed by atoms with E-state index < -0.39 is 10.0 Å². The van der Waals surface area contributed by atoms with Crippen LogP contribution >= 0.6 is 0 Å². The highest BCUT2D eigenvalue weighted by Crippen LogP contribution is 2.19. The van der Waals surface area contributed by atoms with Crippen molar-refractivity contribution >= 4 is 15.9 Å². The second-order valence-corrected chi connectivity index (χ2v) is 8.71. The maximum atomic E-state index is 12.8. The lowest BCUT2D eigenvalue weighted by Crippen LogP contribution is -2.48. The molecule has 3 rings (SSSR count). The van der Waals surface area contributed by atoms with Crippen molar-refractivity contribution in [2.45, 2.75) is 18.4 Å². The summed E-state index contributed by atoms with van der Waals surface area (Å²) in [5.41, 5.74) is 2.79. The third kappa shape index (κ3) is 4.55. The molecule has 1 aliphatic rings. The fraction of sp³-hybridized carbons (Fsp3) is 0.350. The molecule has 2 aromatic carbocycles. The van der Waals surface area contributed by atoms with E-state index in [-0.39, 0.29) is 5.91 Å². The molecule has 1 saturated heterocycles. The van der Waals surface area contributed by atoms with Gasteiger partial charge in [0.2, 0.25) is 10.0 Å². The number of nitrogens with zero attached hydrogens (tertiary/aromatic N) is 2. The second kappa shape index (κ2) is 8.21. The quantitative estimate of drug-likeness (QED) is 0.850. The minimum absolute atomic E-state index is 0.100. The Morgan fingerprint density at radius 2 is 1.56 bits per heavy atom. The first kappa shape index (κ1) is 19.5. The van der Waals surface area contributed by atoms with Crippen molar-refractivity contribution < 1.29 is 13.2 Å². The molecule has 2 aromatic rings. The van der Waals surface area contributed by atoms with Crippen LogP contribution in [0.5, 0.6) is 0 Å². The summed E-state index contributed by atoms with van der Waals surface area (Å²) in [5, 5.41) is 2.61. The first-order valence-corrected chi connectivity index (χ1v) is 10.4. The molecule has 6 nitrogen and oxygen atoms in total. The maximum absolute atomic E-state index is 12.8. The Bertz CT molecular complexity index is 885. The van der Waals surface area contributed by atoms with Crippen LogP contribution in [0.25, 0.3) is 0 Å². The molecule has 0 unspecified atom stereocenters. The number of hydrogen-bond donors (Lipinski definition) is 1. The number of sulfonamides is 1. The largest absolute Gasteiger partial charge is 0.355 e. The Labute approximate surface area is 160 Å². The molecule has 1 amide bonds. The van der Waals surface area contributed by atoms with Crippen LogP contribution < -0.4 is 5.32 Å². The molecule has 0 aliphatic carbocycles. The highest BCUT2D eigenvalue weighted by molar-refractivity contribution is 7.89. The average Bonchev–Trinajstić information content (AvgIpc) is 2.69. The molecule has 1 N–H and O–H groups in total. The number of rotatable bonds is 5. The van der Waals surface area contributed by atoms with Gasteiger partial charge < -0.3 is 5.32 Å². The minimum atomic E-state index is -3.43. The van der Waals surface area contributed by atoms with Crippen LogP contribution in [0.4, 0.5) is 0 Å². The normalized spacial score (nSPS) is 16.2. The maximum Gasteiger partial charge on any atom is 0.251 e. The predicted octanol–water partition coefficient (Wildman–Crippen LogP) is 1.86. The first-order valence-electron chi connectivity index (χ1n) is 9.00. The van der Waals surface area contributed by atoms with E-state index in [1.54, 1.807) is 23.5 Å². The van der Waals surface area contributed by atoms with Crippen LogP contribution in [-0.4, -0.2) is 56.8 Å². The fourth-order valence-electron chi connectivity index (χ4n) is 3.15. The topological polar surface area (TPSA) is 69.7 Å². The molecule has 0 radical (unpaired) electrons. The number of piperazine rings is 1. The lowest BCUT2D eigenvalue weighted by molar-refractivity contribution is 0.0963. The lowest BCUT2D eigenvalue weighted by atomic mass is 10.1. The molecular weight excluding hydrogens is 362 g/mol. The molecule has 0 bridgehead atoms. The van der Waals surface area contributed by atoms with Crippen molar-refractivity contribution in [2.24, 2.45) is 0 Å². The summed E-state index contributed by atoms with van der Waals surface area (Å²) in [7, 11) is -1.82. The van der Waals surface area contributed by atoms with Crippen LogP contribution in [0.3, 0.4) is 0 Å². The van der Waals surface area contributed by atoms with Gasteiger partial charge >= 0.3 is 0 Å². The van der Waals surface area contributed by atoms with Crippen molar-refractivity contribution in [2.75, 3.05) is 33.2 Å². The fourth-order valence-corrected chi connectivity index (χ4v) is 4.57. The van der Waals surface area contributed by atoms with E-state index in [2.05, 4.69) is 10.2 Å². The molecule has 0 saturated carbocycles. The SMILES string of the molecule is CNC(=O)c1ccc(CN2CCN(S(=O)(=O)c3ccc(C)cc3)CC2)cc1. The van der Waals surface area contributed by atoms with Gasteiger partial charge in [-0.15, -0.1) is 0 Å². The summed E-state index contributed by atoms with van der Waals surface area (Å²) in [6, 6.07) is 14.5. The van der Waals surface area contributed by atoms with Crippen LogP contribution in [0.2, 0.25) is 0 Å². The van der Waals surface area contributed by atoms with Crippen LogP contribution in [0.1, 0.15) is 21.5 Å². The molecular formula is C20H25N3O3S. The summed E-state index contributed by atoms with van der Waals surface area (Å²) in [5.74, 6) is -0.100. The van der Waals surface area contributed by atoms with Crippen molar-refractivity contribution in [3.8, 4) is 0 Å². The molecule has 1 aliphatic heterocycles. The summed E-state index contributed by atoms with van der Waals surface area (Å²) < 4.78 is 27.1. The molecule has 1 heterocycles. The Balaban J connectivity index is 1.58. The summed E-state index contributed by atoms with van der Waals surface area (Å²) >= 11 is 0. The van der Waals surface area contributed by atoms with E-state index in [9.17, 15) is 13.2 Å².